The van der Waals surface area contributed by atoms with Crippen molar-refractivity contribution in [3.8, 4) is 0 Å². The minimum Gasteiger partial charge on any atom is -0.326 e. The molecular weight excluding hydrogens is 196 g/mol. The summed E-state index contributed by atoms with van der Waals surface area (Å²) in [6.45, 7) is 7.81. The van der Waals surface area contributed by atoms with E-state index in [1.54, 1.807) is 0 Å². The molecule has 0 bridgehead atoms. The van der Waals surface area contributed by atoms with Crippen LogP contribution in [0.15, 0.2) is 30.3 Å². The molecule has 2 nitrogen and oxygen atoms in total. The van der Waals surface area contributed by atoms with Gasteiger partial charge in [-0.3, -0.25) is 4.90 Å². The van der Waals surface area contributed by atoms with Crippen LogP contribution in [-0.2, 0) is 6.54 Å². The van der Waals surface area contributed by atoms with Gasteiger partial charge in [0.25, 0.3) is 0 Å². The Hall–Kier alpha value is -0.860. The Labute approximate surface area is 98.4 Å². The van der Waals surface area contributed by atoms with E-state index in [-0.39, 0.29) is 0 Å². The maximum Gasteiger partial charge on any atom is 0.0234 e. The van der Waals surface area contributed by atoms with Crippen LogP contribution in [0.3, 0.4) is 0 Å². The van der Waals surface area contributed by atoms with Gasteiger partial charge in [-0.15, -0.1) is 0 Å². The smallest absolute Gasteiger partial charge is 0.0234 e. The van der Waals surface area contributed by atoms with Crippen molar-refractivity contribution in [2.75, 3.05) is 13.1 Å². The monoisotopic (exact) mass is 218 g/mol. The second-order valence-corrected chi connectivity index (χ2v) is 5.18. The number of rotatable bonds is 2. The van der Waals surface area contributed by atoms with E-state index in [9.17, 15) is 0 Å². The lowest BCUT2D eigenvalue weighted by Gasteiger charge is -2.39. The number of nitrogens with zero attached hydrogens (tertiary/aromatic N) is 1. The van der Waals surface area contributed by atoms with Gasteiger partial charge in [0.1, 0.15) is 0 Å². The van der Waals surface area contributed by atoms with Crippen LogP contribution >= 0.6 is 0 Å². The van der Waals surface area contributed by atoms with E-state index in [0.717, 1.165) is 13.1 Å². The molecule has 1 aliphatic heterocycles. The van der Waals surface area contributed by atoms with Crippen LogP contribution in [0.1, 0.15) is 19.4 Å². The van der Waals surface area contributed by atoms with Crippen LogP contribution in [0.2, 0.25) is 0 Å². The fourth-order valence-electron chi connectivity index (χ4n) is 2.51. The zero-order valence-electron chi connectivity index (χ0n) is 10.3. The minimum absolute atomic E-state index is 0.326. The van der Waals surface area contributed by atoms with Crippen molar-refractivity contribution in [2.45, 2.75) is 26.4 Å². The van der Waals surface area contributed by atoms with Gasteiger partial charge in [0, 0.05) is 25.7 Å². The summed E-state index contributed by atoms with van der Waals surface area (Å²) in [4.78, 5) is 2.48. The fourth-order valence-corrected chi connectivity index (χ4v) is 2.51. The molecule has 0 amide bonds. The zero-order valence-corrected chi connectivity index (χ0v) is 10.3. The normalized spacial score (nSPS) is 31.6. The standard InChI is InChI=1S/C14H22N2/c1-11-8-16(10-14(15)12(11)2)9-13-6-4-3-5-7-13/h3-7,11-12,14H,8-10,15H2,1-2H3/t11-,12-,14+/m1/s1. The van der Waals surface area contributed by atoms with Crippen LogP contribution in [0.5, 0.6) is 0 Å². The molecule has 1 saturated heterocycles. The summed E-state index contributed by atoms with van der Waals surface area (Å²) >= 11 is 0. The predicted octanol–water partition coefficient (Wildman–Crippen LogP) is 2.10. The van der Waals surface area contributed by atoms with Crippen molar-refractivity contribution in [1.82, 2.24) is 4.90 Å². The van der Waals surface area contributed by atoms with Crippen LogP contribution in [0.4, 0.5) is 0 Å². The van der Waals surface area contributed by atoms with Crippen LogP contribution in [-0.4, -0.2) is 24.0 Å². The molecule has 1 aromatic rings. The first-order chi connectivity index (χ1) is 7.66. The number of benzene rings is 1. The van der Waals surface area contributed by atoms with Crippen molar-refractivity contribution < 1.29 is 0 Å². The molecule has 0 aliphatic carbocycles. The number of likely N-dealkylation sites (tertiary alicyclic amines) is 1. The summed E-state index contributed by atoms with van der Waals surface area (Å²) in [5.74, 6) is 1.35. The average Bonchev–Trinajstić information content (AvgIpc) is 2.27. The van der Waals surface area contributed by atoms with E-state index in [2.05, 4.69) is 49.1 Å². The zero-order chi connectivity index (χ0) is 11.5. The van der Waals surface area contributed by atoms with Gasteiger partial charge in [-0.05, 0) is 17.4 Å². The van der Waals surface area contributed by atoms with E-state index in [1.807, 2.05) is 0 Å². The third kappa shape index (κ3) is 2.63. The minimum atomic E-state index is 0.326. The summed E-state index contributed by atoms with van der Waals surface area (Å²) < 4.78 is 0. The van der Waals surface area contributed by atoms with Gasteiger partial charge >= 0.3 is 0 Å². The first-order valence-corrected chi connectivity index (χ1v) is 6.18. The Balaban J connectivity index is 1.97. The lowest BCUT2D eigenvalue weighted by Crippen LogP contribution is -2.51. The highest BCUT2D eigenvalue weighted by atomic mass is 15.1. The van der Waals surface area contributed by atoms with Crippen molar-refractivity contribution in [1.29, 1.82) is 0 Å². The number of hydrogen-bond donors (Lipinski definition) is 1. The number of piperidine rings is 1. The van der Waals surface area contributed by atoms with E-state index in [4.69, 9.17) is 5.73 Å². The number of hydrogen-bond acceptors (Lipinski definition) is 2. The van der Waals surface area contributed by atoms with Crippen molar-refractivity contribution in [3.63, 3.8) is 0 Å². The number of nitrogens with two attached hydrogens (primary N) is 1. The maximum atomic E-state index is 6.17. The van der Waals surface area contributed by atoms with Gasteiger partial charge in [-0.25, -0.2) is 0 Å². The molecular formula is C14H22N2. The molecule has 3 atom stereocenters. The first-order valence-electron chi connectivity index (χ1n) is 6.18. The molecule has 1 aromatic carbocycles. The summed E-state index contributed by atoms with van der Waals surface area (Å²) in [6.07, 6.45) is 0. The van der Waals surface area contributed by atoms with Gasteiger partial charge in [-0.2, -0.15) is 0 Å². The Morgan fingerprint density at radius 2 is 1.88 bits per heavy atom. The van der Waals surface area contributed by atoms with Gasteiger partial charge in [0.2, 0.25) is 0 Å². The summed E-state index contributed by atoms with van der Waals surface area (Å²) in [7, 11) is 0. The van der Waals surface area contributed by atoms with Crippen LogP contribution in [0, 0.1) is 11.8 Å². The largest absolute Gasteiger partial charge is 0.326 e. The molecule has 1 heterocycles. The molecule has 1 fully saturated rings. The molecule has 16 heavy (non-hydrogen) atoms. The maximum absolute atomic E-state index is 6.17. The summed E-state index contributed by atoms with van der Waals surface area (Å²) in [6, 6.07) is 11.0. The van der Waals surface area contributed by atoms with Gasteiger partial charge < -0.3 is 5.73 Å². The topological polar surface area (TPSA) is 29.3 Å². The highest BCUT2D eigenvalue weighted by Gasteiger charge is 2.28. The van der Waals surface area contributed by atoms with E-state index in [0.29, 0.717) is 17.9 Å². The van der Waals surface area contributed by atoms with E-state index < -0.39 is 0 Å². The highest BCUT2D eigenvalue weighted by molar-refractivity contribution is 5.14. The predicted molar refractivity (Wildman–Crippen MR) is 68.0 cm³/mol. The Morgan fingerprint density at radius 1 is 1.19 bits per heavy atom. The highest BCUT2D eigenvalue weighted by Crippen LogP contribution is 2.23. The molecule has 0 radical (unpaired) electrons. The molecule has 2 rings (SSSR count). The fraction of sp³-hybridized carbons (Fsp3) is 0.571. The van der Waals surface area contributed by atoms with Crippen molar-refractivity contribution >= 4 is 0 Å². The quantitative estimate of drug-likeness (QED) is 0.823. The molecule has 2 heteroatoms. The third-order valence-corrected chi connectivity index (χ3v) is 3.84. The Morgan fingerprint density at radius 3 is 2.50 bits per heavy atom. The van der Waals surface area contributed by atoms with Crippen LogP contribution in [0.25, 0.3) is 0 Å². The molecule has 88 valence electrons. The van der Waals surface area contributed by atoms with Gasteiger partial charge in [-0.1, -0.05) is 44.2 Å². The molecule has 2 N–H and O–H groups in total. The molecule has 0 aromatic heterocycles. The second-order valence-electron chi connectivity index (χ2n) is 5.18. The summed E-state index contributed by atoms with van der Waals surface area (Å²) in [5, 5.41) is 0. The molecule has 0 saturated carbocycles. The SMILES string of the molecule is C[C@@H]1[C@H](C)CN(Cc2ccccc2)C[C@@H]1N. The van der Waals surface area contributed by atoms with Gasteiger partial charge in [0.05, 0.1) is 0 Å². The van der Waals surface area contributed by atoms with E-state index >= 15 is 0 Å². The third-order valence-electron chi connectivity index (χ3n) is 3.84. The Bertz CT molecular complexity index is 311. The summed E-state index contributed by atoms with van der Waals surface area (Å²) in [5.41, 5.74) is 7.56. The second kappa shape index (κ2) is 4.98. The first kappa shape index (κ1) is 11.6. The average molecular weight is 218 g/mol. The van der Waals surface area contributed by atoms with Gasteiger partial charge in [0.15, 0.2) is 0 Å². The lowest BCUT2D eigenvalue weighted by molar-refractivity contribution is 0.111. The van der Waals surface area contributed by atoms with Crippen molar-refractivity contribution in [2.24, 2.45) is 17.6 Å². The lowest BCUT2D eigenvalue weighted by atomic mass is 9.85. The molecule has 1 aliphatic rings. The molecule has 0 spiro atoms. The van der Waals surface area contributed by atoms with E-state index in [1.165, 1.54) is 12.1 Å². The Kier molecular flexibility index (Phi) is 3.62. The molecule has 0 unspecified atom stereocenters. The van der Waals surface area contributed by atoms with Crippen LogP contribution < -0.4 is 5.73 Å². The van der Waals surface area contributed by atoms with Crippen molar-refractivity contribution in [3.05, 3.63) is 35.9 Å².